The van der Waals surface area contributed by atoms with Crippen molar-refractivity contribution in [3.63, 3.8) is 0 Å². The summed E-state index contributed by atoms with van der Waals surface area (Å²) in [6.45, 7) is 6.23. The number of nitrogens with zero attached hydrogens (tertiary/aromatic N) is 4. The highest BCUT2D eigenvalue weighted by Crippen LogP contribution is 2.19. The minimum atomic E-state index is -2.86. The minimum Gasteiger partial charge on any atom is -0.344 e. The van der Waals surface area contributed by atoms with E-state index in [1.54, 1.807) is 0 Å². The second-order valence-corrected chi connectivity index (χ2v) is 7.80. The van der Waals surface area contributed by atoms with Crippen LogP contribution in [-0.2, 0) is 16.3 Å². The molecular weight excluding hydrogens is 284 g/mol. The lowest BCUT2D eigenvalue weighted by Gasteiger charge is -2.34. The summed E-state index contributed by atoms with van der Waals surface area (Å²) in [6.07, 6.45) is 2.15. The SMILES string of the molecule is CCc1nsc(N2CCN(CCS(C)(=O)=O)CC2)n1. The Kier molecular flexibility index (Phi) is 4.75. The van der Waals surface area contributed by atoms with Crippen LogP contribution in [0.1, 0.15) is 12.7 Å². The number of aryl methyl sites for hydroxylation is 1. The lowest BCUT2D eigenvalue weighted by Crippen LogP contribution is -2.47. The van der Waals surface area contributed by atoms with E-state index < -0.39 is 9.84 Å². The van der Waals surface area contributed by atoms with Crippen molar-refractivity contribution in [1.82, 2.24) is 14.3 Å². The summed E-state index contributed by atoms with van der Waals surface area (Å²) in [4.78, 5) is 8.91. The molecule has 2 rings (SSSR count). The second kappa shape index (κ2) is 6.15. The van der Waals surface area contributed by atoms with Crippen molar-refractivity contribution >= 4 is 26.5 Å². The van der Waals surface area contributed by atoms with E-state index in [1.165, 1.54) is 17.8 Å². The van der Waals surface area contributed by atoms with Crippen LogP contribution in [0.2, 0.25) is 0 Å². The predicted molar refractivity (Wildman–Crippen MR) is 77.7 cm³/mol. The van der Waals surface area contributed by atoms with Gasteiger partial charge < -0.3 is 4.90 Å². The van der Waals surface area contributed by atoms with Crippen LogP contribution in [0.3, 0.4) is 0 Å². The fourth-order valence-corrected chi connectivity index (χ4v) is 3.37. The first kappa shape index (κ1) is 14.7. The molecule has 1 fully saturated rings. The highest BCUT2D eigenvalue weighted by atomic mass is 32.2. The van der Waals surface area contributed by atoms with Gasteiger partial charge in [0, 0.05) is 56.9 Å². The average molecular weight is 304 g/mol. The van der Waals surface area contributed by atoms with E-state index in [0.717, 1.165) is 43.6 Å². The number of hydrogen-bond donors (Lipinski definition) is 0. The van der Waals surface area contributed by atoms with Crippen LogP contribution in [0.15, 0.2) is 0 Å². The molecule has 0 unspecified atom stereocenters. The zero-order valence-electron chi connectivity index (χ0n) is 11.4. The average Bonchev–Trinajstić information content (AvgIpc) is 2.85. The van der Waals surface area contributed by atoms with E-state index in [9.17, 15) is 8.42 Å². The molecule has 108 valence electrons. The first-order valence-corrected chi connectivity index (χ1v) is 9.29. The monoisotopic (exact) mass is 304 g/mol. The van der Waals surface area contributed by atoms with Gasteiger partial charge >= 0.3 is 0 Å². The van der Waals surface area contributed by atoms with Gasteiger partial charge in [-0.3, -0.25) is 4.90 Å². The van der Waals surface area contributed by atoms with Gasteiger partial charge in [0.15, 0.2) is 0 Å². The van der Waals surface area contributed by atoms with Crippen LogP contribution in [-0.4, -0.2) is 67.4 Å². The van der Waals surface area contributed by atoms with Crippen molar-refractivity contribution in [2.45, 2.75) is 13.3 Å². The van der Waals surface area contributed by atoms with Gasteiger partial charge in [-0.2, -0.15) is 4.37 Å². The highest BCUT2D eigenvalue weighted by Gasteiger charge is 2.20. The molecule has 0 spiro atoms. The molecule has 1 aromatic rings. The third-order valence-corrected chi connectivity index (χ3v) is 4.93. The fraction of sp³-hybridized carbons (Fsp3) is 0.818. The topological polar surface area (TPSA) is 66.4 Å². The quantitative estimate of drug-likeness (QED) is 0.778. The molecule has 0 aliphatic carbocycles. The summed E-state index contributed by atoms with van der Waals surface area (Å²) in [6, 6.07) is 0. The largest absolute Gasteiger partial charge is 0.344 e. The molecule has 0 atom stereocenters. The Labute approximate surface area is 118 Å². The molecule has 1 saturated heterocycles. The maximum Gasteiger partial charge on any atom is 0.205 e. The van der Waals surface area contributed by atoms with Crippen LogP contribution in [0.25, 0.3) is 0 Å². The second-order valence-electron chi connectivity index (χ2n) is 4.81. The normalized spacial score (nSPS) is 17.9. The summed E-state index contributed by atoms with van der Waals surface area (Å²) in [5, 5.41) is 0.986. The molecule has 0 N–H and O–H groups in total. The molecule has 0 bridgehead atoms. The molecular formula is C11H20N4O2S2. The molecule has 1 aliphatic heterocycles. The Hall–Kier alpha value is -0.730. The summed E-state index contributed by atoms with van der Waals surface area (Å²) in [5.41, 5.74) is 0. The molecule has 1 aromatic heterocycles. The molecule has 19 heavy (non-hydrogen) atoms. The Bertz CT molecular complexity index is 507. The maximum absolute atomic E-state index is 11.1. The van der Waals surface area contributed by atoms with E-state index in [2.05, 4.69) is 26.1 Å². The van der Waals surface area contributed by atoms with E-state index >= 15 is 0 Å². The highest BCUT2D eigenvalue weighted by molar-refractivity contribution is 7.90. The van der Waals surface area contributed by atoms with Gasteiger partial charge in [0.1, 0.15) is 15.7 Å². The van der Waals surface area contributed by atoms with Crippen molar-refractivity contribution < 1.29 is 8.42 Å². The number of piperazine rings is 1. The van der Waals surface area contributed by atoms with Gasteiger partial charge in [-0.25, -0.2) is 13.4 Å². The lowest BCUT2D eigenvalue weighted by molar-refractivity contribution is 0.272. The molecule has 0 aromatic carbocycles. The van der Waals surface area contributed by atoms with Crippen LogP contribution < -0.4 is 4.90 Å². The maximum atomic E-state index is 11.1. The molecule has 0 saturated carbocycles. The molecule has 8 heteroatoms. The Balaban J connectivity index is 1.82. The number of rotatable bonds is 5. The smallest absolute Gasteiger partial charge is 0.205 e. The van der Waals surface area contributed by atoms with Gasteiger partial charge in [-0.15, -0.1) is 0 Å². The van der Waals surface area contributed by atoms with Crippen molar-refractivity contribution in [2.24, 2.45) is 0 Å². The third-order valence-electron chi connectivity index (χ3n) is 3.19. The summed E-state index contributed by atoms with van der Waals surface area (Å²) < 4.78 is 26.6. The number of sulfone groups is 1. The van der Waals surface area contributed by atoms with E-state index in [1.807, 2.05) is 0 Å². The van der Waals surface area contributed by atoms with Crippen molar-refractivity contribution in [1.29, 1.82) is 0 Å². The summed E-state index contributed by atoms with van der Waals surface area (Å²) in [5.74, 6) is 1.14. The van der Waals surface area contributed by atoms with Gasteiger partial charge in [-0.05, 0) is 0 Å². The lowest BCUT2D eigenvalue weighted by atomic mass is 10.3. The van der Waals surface area contributed by atoms with Crippen molar-refractivity contribution in [2.75, 3.05) is 49.6 Å². The minimum absolute atomic E-state index is 0.242. The Morgan fingerprint density at radius 1 is 1.26 bits per heavy atom. The third kappa shape index (κ3) is 4.39. The summed E-state index contributed by atoms with van der Waals surface area (Å²) in [7, 11) is -2.86. The molecule has 6 nitrogen and oxygen atoms in total. The predicted octanol–water partition coefficient (Wildman–Crippen LogP) is 0.267. The first-order chi connectivity index (χ1) is 8.98. The molecule has 0 radical (unpaired) electrons. The van der Waals surface area contributed by atoms with Gasteiger partial charge in [0.25, 0.3) is 0 Å². The van der Waals surface area contributed by atoms with Crippen molar-refractivity contribution in [3.8, 4) is 0 Å². The van der Waals surface area contributed by atoms with Gasteiger partial charge in [-0.1, -0.05) is 6.92 Å². The Morgan fingerprint density at radius 2 is 1.95 bits per heavy atom. The first-order valence-electron chi connectivity index (χ1n) is 6.45. The molecule has 0 amide bonds. The summed E-state index contributed by atoms with van der Waals surface area (Å²) >= 11 is 1.45. The van der Waals surface area contributed by atoms with Crippen LogP contribution in [0.4, 0.5) is 5.13 Å². The number of hydrogen-bond acceptors (Lipinski definition) is 7. The zero-order chi connectivity index (χ0) is 13.9. The van der Waals surface area contributed by atoms with E-state index in [-0.39, 0.29) is 5.75 Å². The van der Waals surface area contributed by atoms with Crippen molar-refractivity contribution in [3.05, 3.63) is 5.82 Å². The number of anilines is 1. The van der Waals surface area contributed by atoms with E-state index in [4.69, 9.17) is 0 Å². The van der Waals surface area contributed by atoms with Gasteiger partial charge in [0.2, 0.25) is 5.13 Å². The van der Waals surface area contributed by atoms with Gasteiger partial charge in [0.05, 0.1) is 5.75 Å². The zero-order valence-corrected chi connectivity index (χ0v) is 13.0. The standard InChI is InChI=1S/C11H20N4O2S2/c1-3-10-12-11(18-13-10)15-6-4-14(5-7-15)8-9-19(2,16)17/h3-9H2,1-2H3. The van der Waals surface area contributed by atoms with Crippen LogP contribution in [0.5, 0.6) is 0 Å². The van der Waals surface area contributed by atoms with E-state index in [0.29, 0.717) is 6.54 Å². The van der Waals surface area contributed by atoms with Crippen LogP contribution in [0, 0.1) is 0 Å². The molecule has 1 aliphatic rings. The Morgan fingerprint density at radius 3 is 2.47 bits per heavy atom. The number of aromatic nitrogens is 2. The fourth-order valence-electron chi connectivity index (χ4n) is 1.97. The molecule has 2 heterocycles. The van der Waals surface area contributed by atoms with Crippen LogP contribution >= 0.6 is 11.5 Å².